The average Bonchev–Trinajstić information content (AvgIpc) is 2.60. The fourth-order valence-corrected chi connectivity index (χ4v) is 1.25. The lowest BCUT2D eigenvalue weighted by Crippen LogP contribution is -2.17. The molecule has 1 rings (SSSR count). The van der Waals surface area contributed by atoms with Crippen molar-refractivity contribution in [2.75, 3.05) is 7.11 Å². The number of carbonyl (C=O) groups excluding carboxylic acids is 1. The first-order chi connectivity index (χ1) is 7.11. The summed E-state index contributed by atoms with van der Waals surface area (Å²) < 4.78 is 30.6. The van der Waals surface area contributed by atoms with E-state index in [0.717, 1.165) is 0 Å². The fourth-order valence-electron chi connectivity index (χ4n) is 1.25. The van der Waals surface area contributed by atoms with Gasteiger partial charge in [0.2, 0.25) is 0 Å². The summed E-state index contributed by atoms with van der Waals surface area (Å²) >= 11 is 0. The van der Waals surface area contributed by atoms with Crippen LogP contribution >= 0.6 is 0 Å². The highest BCUT2D eigenvalue weighted by Gasteiger charge is 2.26. The van der Waals surface area contributed by atoms with Crippen LogP contribution < -0.4 is 4.74 Å². The van der Waals surface area contributed by atoms with Gasteiger partial charge in [-0.1, -0.05) is 6.92 Å². The third kappa shape index (κ3) is 2.31. The van der Waals surface area contributed by atoms with E-state index < -0.39 is 12.2 Å². The Hall–Kier alpha value is -1.46. The number of aryl methyl sites for hydroxylation is 1. The standard InChI is InChI=1S/C9H12F2N2O2/c1-3-4-13-7(8(14)9(10)11)6(15-2)5-12-13/h5,9H,3-4H2,1-2H3. The van der Waals surface area contributed by atoms with E-state index in [1.807, 2.05) is 6.92 Å². The molecule has 1 aromatic heterocycles. The maximum Gasteiger partial charge on any atom is 0.302 e. The molecule has 1 aromatic rings. The monoisotopic (exact) mass is 218 g/mol. The first-order valence-corrected chi connectivity index (χ1v) is 4.54. The van der Waals surface area contributed by atoms with Crippen molar-refractivity contribution in [3.8, 4) is 5.75 Å². The van der Waals surface area contributed by atoms with Gasteiger partial charge in [0.05, 0.1) is 13.3 Å². The topological polar surface area (TPSA) is 44.1 Å². The Morgan fingerprint density at radius 3 is 2.80 bits per heavy atom. The fraction of sp³-hybridized carbons (Fsp3) is 0.556. The minimum absolute atomic E-state index is 0.0914. The molecular weight excluding hydrogens is 206 g/mol. The van der Waals surface area contributed by atoms with E-state index in [4.69, 9.17) is 4.74 Å². The van der Waals surface area contributed by atoms with E-state index in [1.54, 1.807) is 0 Å². The molecule has 0 aliphatic rings. The van der Waals surface area contributed by atoms with Crippen LogP contribution in [0.25, 0.3) is 0 Å². The van der Waals surface area contributed by atoms with Crippen molar-refractivity contribution in [3.05, 3.63) is 11.9 Å². The molecule has 15 heavy (non-hydrogen) atoms. The predicted octanol–water partition coefficient (Wildman–Crippen LogP) is 1.75. The van der Waals surface area contributed by atoms with Gasteiger partial charge in [-0.05, 0) is 6.42 Å². The van der Waals surface area contributed by atoms with E-state index in [1.165, 1.54) is 18.0 Å². The van der Waals surface area contributed by atoms with Crippen molar-refractivity contribution in [2.24, 2.45) is 0 Å². The maximum atomic E-state index is 12.3. The Morgan fingerprint density at radius 1 is 1.67 bits per heavy atom. The molecule has 0 bridgehead atoms. The molecule has 0 unspecified atom stereocenters. The summed E-state index contributed by atoms with van der Waals surface area (Å²) in [5.41, 5.74) is -0.158. The number of ketones is 1. The molecular formula is C9H12F2N2O2. The van der Waals surface area contributed by atoms with E-state index in [2.05, 4.69) is 5.10 Å². The van der Waals surface area contributed by atoms with Crippen LogP contribution in [0.4, 0.5) is 8.78 Å². The zero-order valence-corrected chi connectivity index (χ0v) is 8.54. The van der Waals surface area contributed by atoms with Gasteiger partial charge in [0.25, 0.3) is 5.78 Å². The second-order valence-corrected chi connectivity index (χ2v) is 2.95. The average molecular weight is 218 g/mol. The highest BCUT2D eigenvalue weighted by molar-refractivity contribution is 5.99. The summed E-state index contributed by atoms with van der Waals surface area (Å²) in [4.78, 5) is 11.2. The molecule has 0 aliphatic heterocycles. The van der Waals surface area contributed by atoms with Gasteiger partial charge in [-0.3, -0.25) is 9.48 Å². The number of hydrogen-bond donors (Lipinski definition) is 0. The summed E-state index contributed by atoms with van der Waals surface area (Å²) in [7, 11) is 1.32. The maximum absolute atomic E-state index is 12.3. The van der Waals surface area contributed by atoms with Crippen molar-refractivity contribution in [1.82, 2.24) is 9.78 Å². The Bertz CT molecular complexity index is 350. The number of nitrogens with zero attached hydrogens (tertiary/aromatic N) is 2. The molecule has 4 nitrogen and oxygen atoms in total. The van der Waals surface area contributed by atoms with E-state index in [-0.39, 0.29) is 11.4 Å². The van der Waals surface area contributed by atoms with E-state index in [0.29, 0.717) is 13.0 Å². The summed E-state index contributed by atoms with van der Waals surface area (Å²) in [6.45, 7) is 2.28. The normalized spacial score (nSPS) is 10.7. The number of aromatic nitrogens is 2. The van der Waals surface area contributed by atoms with Crippen LogP contribution in [0.1, 0.15) is 23.8 Å². The zero-order chi connectivity index (χ0) is 11.4. The van der Waals surface area contributed by atoms with E-state index in [9.17, 15) is 13.6 Å². The Kier molecular flexibility index (Phi) is 3.76. The number of methoxy groups -OCH3 is 1. The molecule has 0 saturated heterocycles. The molecule has 0 atom stereocenters. The largest absolute Gasteiger partial charge is 0.493 e. The van der Waals surface area contributed by atoms with Gasteiger partial charge in [-0.25, -0.2) is 8.78 Å². The zero-order valence-electron chi connectivity index (χ0n) is 8.54. The lowest BCUT2D eigenvalue weighted by molar-refractivity contribution is 0.0663. The van der Waals surface area contributed by atoms with E-state index >= 15 is 0 Å². The smallest absolute Gasteiger partial charge is 0.302 e. The van der Waals surface area contributed by atoms with Crippen LogP contribution in [-0.4, -0.2) is 29.1 Å². The number of rotatable bonds is 5. The molecule has 0 amide bonds. The van der Waals surface area contributed by atoms with Gasteiger partial charge in [0.1, 0.15) is 0 Å². The summed E-state index contributed by atoms with van der Waals surface area (Å²) in [5, 5.41) is 3.82. The van der Waals surface area contributed by atoms with Crippen LogP contribution in [0.3, 0.4) is 0 Å². The SMILES string of the molecule is CCCn1ncc(OC)c1C(=O)C(F)F. The second-order valence-electron chi connectivity index (χ2n) is 2.95. The molecule has 84 valence electrons. The summed E-state index contributed by atoms with van der Waals surface area (Å²) in [6.07, 6.45) is -1.06. The summed E-state index contributed by atoms with van der Waals surface area (Å²) in [5.74, 6) is -1.16. The number of Topliss-reactive ketones (excluding diaryl/α,β-unsaturated/α-hetero) is 1. The van der Waals surface area contributed by atoms with Gasteiger partial charge < -0.3 is 4.74 Å². The van der Waals surface area contributed by atoms with Gasteiger partial charge in [0.15, 0.2) is 11.4 Å². The molecule has 0 aromatic carbocycles. The van der Waals surface area contributed by atoms with Crippen molar-refractivity contribution in [3.63, 3.8) is 0 Å². The number of ether oxygens (including phenoxy) is 1. The van der Waals surface area contributed by atoms with Crippen molar-refractivity contribution >= 4 is 5.78 Å². The number of carbonyl (C=O) groups is 1. The van der Waals surface area contributed by atoms with Crippen LogP contribution in [0, 0.1) is 0 Å². The molecule has 0 N–H and O–H groups in total. The van der Waals surface area contributed by atoms with Crippen molar-refractivity contribution in [2.45, 2.75) is 26.3 Å². The highest BCUT2D eigenvalue weighted by atomic mass is 19.3. The number of halogens is 2. The third-order valence-corrected chi connectivity index (χ3v) is 1.89. The molecule has 0 saturated carbocycles. The molecule has 0 spiro atoms. The van der Waals surface area contributed by atoms with Crippen LogP contribution in [0.5, 0.6) is 5.75 Å². The molecule has 0 fully saturated rings. The quantitative estimate of drug-likeness (QED) is 0.707. The van der Waals surface area contributed by atoms with Crippen molar-refractivity contribution in [1.29, 1.82) is 0 Å². The summed E-state index contributed by atoms with van der Waals surface area (Å²) in [6, 6.07) is 0. The first-order valence-electron chi connectivity index (χ1n) is 4.54. The van der Waals surface area contributed by atoms with Crippen LogP contribution in [-0.2, 0) is 6.54 Å². The minimum atomic E-state index is -3.04. The third-order valence-electron chi connectivity index (χ3n) is 1.89. The highest BCUT2D eigenvalue weighted by Crippen LogP contribution is 2.20. The van der Waals surface area contributed by atoms with Crippen molar-refractivity contribution < 1.29 is 18.3 Å². The molecule has 1 heterocycles. The molecule has 0 aliphatic carbocycles. The van der Waals surface area contributed by atoms with Gasteiger partial charge in [-0.15, -0.1) is 0 Å². The Labute approximate surface area is 85.8 Å². The van der Waals surface area contributed by atoms with Gasteiger partial charge >= 0.3 is 6.43 Å². The lowest BCUT2D eigenvalue weighted by atomic mass is 10.2. The molecule has 6 heteroatoms. The second kappa shape index (κ2) is 4.86. The lowest BCUT2D eigenvalue weighted by Gasteiger charge is -2.06. The number of hydrogen-bond acceptors (Lipinski definition) is 3. The Balaban J connectivity index is 3.10. The van der Waals surface area contributed by atoms with Gasteiger partial charge in [0, 0.05) is 6.54 Å². The predicted molar refractivity (Wildman–Crippen MR) is 49.4 cm³/mol. The van der Waals surface area contributed by atoms with Gasteiger partial charge in [-0.2, -0.15) is 5.10 Å². The minimum Gasteiger partial charge on any atom is -0.493 e. The first kappa shape index (κ1) is 11.6. The van der Waals surface area contributed by atoms with Crippen LogP contribution in [0.2, 0.25) is 0 Å². The van der Waals surface area contributed by atoms with Crippen LogP contribution in [0.15, 0.2) is 6.20 Å². The number of alkyl halides is 2. The molecule has 0 radical (unpaired) electrons. The Morgan fingerprint density at radius 2 is 2.33 bits per heavy atom.